The molecule has 0 aliphatic heterocycles. The number of imidazole rings is 1. The SMILES string of the molecule is O=C(O)c1coc(NCc2nc3ccccc3n2C2CC2)n1. The fourth-order valence-corrected chi connectivity index (χ4v) is 2.57. The van der Waals surface area contributed by atoms with E-state index < -0.39 is 5.97 Å². The number of aromatic nitrogens is 3. The number of hydrogen-bond acceptors (Lipinski definition) is 5. The van der Waals surface area contributed by atoms with E-state index in [1.165, 1.54) is 0 Å². The molecule has 1 saturated carbocycles. The molecule has 112 valence electrons. The van der Waals surface area contributed by atoms with Gasteiger partial charge >= 0.3 is 5.97 Å². The summed E-state index contributed by atoms with van der Waals surface area (Å²) >= 11 is 0. The van der Waals surface area contributed by atoms with Crippen molar-refractivity contribution in [3.8, 4) is 0 Å². The van der Waals surface area contributed by atoms with Gasteiger partial charge in [0.1, 0.15) is 12.1 Å². The Labute approximate surface area is 125 Å². The molecule has 2 aromatic heterocycles. The van der Waals surface area contributed by atoms with Gasteiger partial charge < -0.3 is 19.4 Å². The molecule has 7 nitrogen and oxygen atoms in total. The molecule has 22 heavy (non-hydrogen) atoms. The number of fused-ring (bicyclic) bond motifs is 1. The highest BCUT2D eigenvalue weighted by Gasteiger charge is 2.28. The van der Waals surface area contributed by atoms with Gasteiger partial charge in [-0.1, -0.05) is 12.1 Å². The van der Waals surface area contributed by atoms with Crippen molar-refractivity contribution in [1.29, 1.82) is 0 Å². The minimum Gasteiger partial charge on any atom is -0.476 e. The molecule has 0 amide bonds. The fraction of sp³-hybridized carbons (Fsp3) is 0.267. The molecular weight excluding hydrogens is 284 g/mol. The van der Waals surface area contributed by atoms with E-state index in [2.05, 4.69) is 25.9 Å². The van der Waals surface area contributed by atoms with Gasteiger partial charge in [-0.2, -0.15) is 4.98 Å². The Hall–Kier alpha value is -2.83. The van der Waals surface area contributed by atoms with Crippen molar-refractivity contribution >= 4 is 23.0 Å². The van der Waals surface area contributed by atoms with Crippen LogP contribution < -0.4 is 5.32 Å². The zero-order valence-electron chi connectivity index (χ0n) is 11.7. The molecule has 1 aliphatic rings. The third kappa shape index (κ3) is 2.20. The predicted octanol–water partition coefficient (Wildman–Crippen LogP) is 2.67. The van der Waals surface area contributed by atoms with Crippen LogP contribution in [0.5, 0.6) is 0 Å². The number of oxazole rings is 1. The van der Waals surface area contributed by atoms with Gasteiger partial charge in [-0.05, 0) is 25.0 Å². The Balaban J connectivity index is 1.60. The molecule has 2 N–H and O–H groups in total. The first-order valence-electron chi connectivity index (χ1n) is 7.11. The lowest BCUT2D eigenvalue weighted by Crippen LogP contribution is -2.08. The van der Waals surface area contributed by atoms with Crippen LogP contribution in [0.2, 0.25) is 0 Å². The molecular formula is C15H14N4O3. The Morgan fingerprint density at radius 3 is 2.91 bits per heavy atom. The highest BCUT2D eigenvalue weighted by Crippen LogP contribution is 2.38. The number of anilines is 1. The molecule has 0 spiro atoms. The summed E-state index contributed by atoms with van der Waals surface area (Å²) in [5.74, 6) is -0.208. The second-order valence-corrected chi connectivity index (χ2v) is 5.31. The van der Waals surface area contributed by atoms with E-state index in [9.17, 15) is 4.79 Å². The summed E-state index contributed by atoms with van der Waals surface area (Å²) in [7, 11) is 0. The minimum atomic E-state index is -1.11. The summed E-state index contributed by atoms with van der Waals surface area (Å²) in [5, 5.41) is 11.8. The van der Waals surface area contributed by atoms with Crippen molar-refractivity contribution in [3.05, 3.63) is 42.0 Å². The number of rotatable bonds is 5. The van der Waals surface area contributed by atoms with Crippen molar-refractivity contribution in [1.82, 2.24) is 14.5 Å². The molecule has 2 heterocycles. The maximum Gasteiger partial charge on any atom is 0.357 e. The summed E-state index contributed by atoms with van der Waals surface area (Å²) in [4.78, 5) is 19.3. The largest absolute Gasteiger partial charge is 0.476 e. The molecule has 1 aliphatic carbocycles. The number of aromatic carboxylic acids is 1. The molecule has 0 atom stereocenters. The average Bonchev–Trinajstić information content (AvgIpc) is 3.12. The molecule has 1 fully saturated rings. The van der Waals surface area contributed by atoms with Crippen LogP contribution in [-0.2, 0) is 6.54 Å². The van der Waals surface area contributed by atoms with Crippen LogP contribution in [-0.4, -0.2) is 25.6 Å². The molecule has 0 bridgehead atoms. The number of para-hydroxylation sites is 2. The number of nitrogens with one attached hydrogen (secondary N) is 1. The topological polar surface area (TPSA) is 93.2 Å². The Kier molecular flexibility index (Phi) is 2.85. The summed E-state index contributed by atoms with van der Waals surface area (Å²) < 4.78 is 7.34. The maximum absolute atomic E-state index is 10.8. The lowest BCUT2D eigenvalue weighted by atomic mass is 10.3. The van der Waals surface area contributed by atoms with E-state index in [0.717, 1.165) is 36.0 Å². The van der Waals surface area contributed by atoms with Crippen molar-refractivity contribution in [3.63, 3.8) is 0 Å². The van der Waals surface area contributed by atoms with Gasteiger partial charge in [-0.25, -0.2) is 9.78 Å². The second kappa shape index (κ2) is 4.87. The van der Waals surface area contributed by atoms with Gasteiger partial charge in [0, 0.05) is 6.04 Å². The Morgan fingerprint density at radius 2 is 2.18 bits per heavy atom. The fourth-order valence-electron chi connectivity index (χ4n) is 2.57. The quantitative estimate of drug-likeness (QED) is 0.752. The van der Waals surface area contributed by atoms with Gasteiger partial charge in [0.05, 0.1) is 17.6 Å². The first-order chi connectivity index (χ1) is 10.7. The van der Waals surface area contributed by atoms with E-state index in [4.69, 9.17) is 9.52 Å². The Bertz CT molecular complexity index is 847. The maximum atomic E-state index is 10.8. The van der Waals surface area contributed by atoms with Crippen LogP contribution in [0.3, 0.4) is 0 Å². The number of hydrogen-bond donors (Lipinski definition) is 2. The smallest absolute Gasteiger partial charge is 0.357 e. The molecule has 0 unspecified atom stereocenters. The van der Waals surface area contributed by atoms with Gasteiger partial charge in [0.25, 0.3) is 6.01 Å². The number of carboxylic acid groups (broad SMARTS) is 1. The third-order valence-electron chi connectivity index (χ3n) is 3.70. The molecule has 7 heteroatoms. The number of nitrogens with zero attached hydrogens (tertiary/aromatic N) is 3. The van der Waals surface area contributed by atoms with E-state index in [1.807, 2.05) is 18.2 Å². The van der Waals surface area contributed by atoms with Gasteiger partial charge in [-0.3, -0.25) is 0 Å². The van der Waals surface area contributed by atoms with E-state index in [1.54, 1.807) is 0 Å². The van der Waals surface area contributed by atoms with E-state index in [0.29, 0.717) is 12.6 Å². The molecule has 4 rings (SSSR count). The summed E-state index contributed by atoms with van der Waals surface area (Å²) in [5.41, 5.74) is 1.98. The van der Waals surface area contributed by atoms with Crippen LogP contribution >= 0.6 is 0 Å². The Morgan fingerprint density at radius 1 is 1.36 bits per heavy atom. The van der Waals surface area contributed by atoms with Crippen LogP contribution in [0.15, 0.2) is 34.9 Å². The zero-order chi connectivity index (χ0) is 15.1. The van der Waals surface area contributed by atoms with E-state index in [-0.39, 0.29) is 11.7 Å². The van der Waals surface area contributed by atoms with Crippen LogP contribution in [0.1, 0.15) is 35.2 Å². The lowest BCUT2D eigenvalue weighted by Gasteiger charge is -2.07. The lowest BCUT2D eigenvalue weighted by molar-refractivity contribution is 0.0690. The van der Waals surface area contributed by atoms with Crippen molar-refractivity contribution < 1.29 is 14.3 Å². The monoisotopic (exact) mass is 298 g/mol. The van der Waals surface area contributed by atoms with Gasteiger partial charge in [-0.15, -0.1) is 0 Å². The summed E-state index contributed by atoms with van der Waals surface area (Å²) in [6, 6.07) is 8.73. The predicted molar refractivity (Wildman–Crippen MR) is 78.8 cm³/mol. The van der Waals surface area contributed by atoms with Crippen molar-refractivity contribution in [2.45, 2.75) is 25.4 Å². The first kappa shape index (κ1) is 12.9. The average molecular weight is 298 g/mol. The number of benzene rings is 1. The highest BCUT2D eigenvalue weighted by molar-refractivity contribution is 5.85. The molecule has 3 aromatic rings. The van der Waals surface area contributed by atoms with Crippen LogP contribution in [0.25, 0.3) is 11.0 Å². The van der Waals surface area contributed by atoms with Crippen LogP contribution in [0.4, 0.5) is 6.01 Å². The molecule has 0 radical (unpaired) electrons. The normalized spacial score (nSPS) is 14.4. The van der Waals surface area contributed by atoms with Crippen LogP contribution in [0, 0.1) is 0 Å². The van der Waals surface area contributed by atoms with E-state index >= 15 is 0 Å². The summed E-state index contributed by atoms with van der Waals surface area (Å²) in [6.45, 7) is 0.435. The number of carbonyl (C=O) groups is 1. The molecule has 0 saturated heterocycles. The minimum absolute atomic E-state index is 0.113. The van der Waals surface area contributed by atoms with Crippen molar-refractivity contribution in [2.75, 3.05) is 5.32 Å². The standard InChI is InChI=1S/C15H14N4O3/c20-14(21)11-8-22-15(18-11)16-7-13-17-10-3-1-2-4-12(10)19(13)9-5-6-9/h1-4,8-9H,5-7H2,(H,16,18)(H,20,21). The van der Waals surface area contributed by atoms with Gasteiger partial charge in [0.2, 0.25) is 0 Å². The number of carboxylic acids is 1. The van der Waals surface area contributed by atoms with Gasteiger partial charge in [0.15, 0.2) is 5.69 Å². The zero-order valence-corrected chi connectivity index (χ0v) is 11.7. The second-order valence-electron chi connectivity index (χ2n) is 5.31. The highest BCUT2D eigenvalue weighted by atomic mass is 16.4. The first-order valence-corrected chi connectivity index (χ1v) is 7.11. The molecule has 1 aromatic carbocycles. The third-order valence-corrected chi connectivity index (χ3v) is 3.70. The summed E-state index contributed by atoms with van der Waals surface area (Å²) in [6.07, 6.45) is 3.44. The van der Waals surface area contributed by atoms with Crippen molar-refractivity contribution in [2.24, 2.45) is 0 Å².